The van der Waals surface area contributed by atoms with E-state index in [1.54, 1.807) is 14.2 Å². The van der Waals surface area contributed by atoms with E-state index in [1.807, 2.05) is 19.1 Å². The molecule has 1 aromatic rings. The van der Waals surface area contributed by atoms with Crippen LogP contribution in [-0.2, 0) is 4.74 Å². The number of benzene rings is 1. The van der Waals surface area contributed by atoms with Crippen LogP contribution in [0.3, 0.4) is 0 Å². The molecule has 0 bridgehead atoms. The number of methoxy groups -OCH3 is 2. The fourth-order valence-electron chi connectivity index (χ4n) is 2.54. The van der Waals surface area contributed by atoms with Gasteiger partial charge in [0.2, 0.25) is 0 Å². The van der Waals surface area contributed by atoms with Gasteiger partial charge in [-0.15, -0.1) is 0 Å². The van der Waals surface area contributed by atoms with Gasteiger partial charge in [-0.1, -0.05) is 0 Å². The van der Waals surface area contributed by atoms with Gasteiger partial charge in [0.15, 0.2) is 0 Å². The first-order valence-electron chi connectivity index (χ1n) is 6.30. The van der Waals surface area contributed by atoms with E-state index in [4.69, 9.17) is 14.2 Å². The lowest BCUT2D eigenvalue weighted by Gasteiger charge is -2.24. The highest BCUT2D eigenvalue weighted by atomic mass is 79.9. The SMILES string of the molecule is COc1ccc(C(O)C2CCOC2C)c(OC)c1Br. The zero-order valence-corrected chi connectivity index (χ0v) is 12.9. The summed E-state index contributed by atoms with van der Waals surface area (Å²) in [5.41, 5.74) is 0.762. The average molecular weight is 331 g/mol. The summed E-state index contributed by atoms with van der Waals surface area (Å²) in [6, 6.07) is 3.67. The molecule has 3 atom stereocenters. The van der Waals surface area contributed by atoms with E-state index >= 15 is 0 Å². The first-order chi connectivity index (χ1) is 9.10. The van der Waals surface area contributed by atoms with Crippen LogP contribution in [0.15, 0.2) is 16.6 Å². The van der Waals surface area contributed by atoms with Crippen LogP contribution >= 0.6 is 15.9 Å². The molecule has 1 saturated heterocycles. The lowest BCUT2D eigenvalue weighted by atomic mass is 9.90. The molecule has 1 N–H and O–H groups in total. The second kappa shape index (κ2) is 6.11. The van der Waals surface area contributed by atoms with Gasteiger partial charge in [-0.05, 0) is 41.4 Å². The molecule has 0 aliphatic carbocycles. The lowest BCUT2D eigenvalue weighted by molar-refractivity contribution is 0.0419. The molecular formula is C14H19BrO4. The first-order valence-corrected chi connectivity index (χ1v) is 7.09. The van der Waals surface area contributed by atoms with Crippen molar-refractivity contribution in [2.45, 2.75) is 25.6 Å². The molecule has 0 aromatic heterocycles. The van der Waals surface area contributed by atoms with Crippen LogP contribution in [0.5, 0.6) is 11.5 Å². The van der Waals surface area contributed by atoms with Crippen LogP contribution in [0, 0.1) is 5.92 Å². The Morgan fingerprint density at radius 1 is 1.37 bits per heavy atom. The van der Waals surface area contributed by atoms with E-state index in [1.165, 1.54) is 0 Å². The molecule has 4 nitrogen and oxygen atoms in total. The number of hydrogen-bond donors (Lipinski definition) is 1. The van der Waals surface area contributed by atoms with Gasteiger partial charge in [-0.25, -0.2) is 0 Å². The molecule has 19 heavy (non-hydrogen) atoms. The zero-order chi connectivity index (χ0) is 14.0. The molecule has 0 radical (unpaired) electrons. The van der Waals surface area contributed by atoms with E-state index in [-0.39, 0.29) is 12.0 Å². The van der Waals surface area contributed by atoms with Gasteiger partial charge >= 0.3 is 0 Å². The van der Waals surface area contributed by atoms with Crippen LogP contribution in [0.25, 0.3) is 0 Å². The molecule has 0 saturated carbocycles. The van der Waals surface area contributed by atoms with Gasteiger partial charge in [-0.2, -0.15) is 0 Å². The van der Waals surface area contributed by atoms with Gasteiger partial charge in [0.25, 0.3) is 0 Å². The number of aliphatic hydroxyl groups is 1. The van der Waals surface area contributed by atoms with Gasteiger partial charge in [0.1, 0.15) is 16.0 Å². The molecule has 1 heterocycles. The van der Waals surface area contributed by atoms with Gasteiger partial charge in [0, 0.05) is 18.1 Å². The van der Waals surface area contributed by atoms with Crippen molar-refractivity contribution in [1.82, 2.24) is 0 Å². The maximum absolute atomic E-state index is 10.6. The van der Waals surface area contributed by atoms with Crippen LogP contribution < -0.4 is 9.47 Å². The standard InChI is InChI=1S/C14H19BrO4/c1-8-9(6-7-19-8)13(16)10-4-5-11(17-2)12(15)14(10)18-3/h4-5,8-9,13,16H,6-7H2,1-3H3. The minimum absolute atomic E-state index is 0.0561. The Labute approximate surface area is 121 Å². The number of aliphatic hydroxyl groups excluding tert-OH is 1. The van der Waals surface area contributed by atoms with Crippen molar-refractivity contribution in [3.8, 4) is 11.5 Å². The van der Waals surface area contributed by atoms with E-state index in [0.717, 1.165) is 16.5 Å². The third-order valence-electron chi connectivity index (χ3n) is 3.68. The molecule has 3 unspecified atom stereocenters. The zero-order valence-electron chi connectivity index (χ0n) is 11.4. The molecule has 0 spiro atoms. The Bertz CT molecular complexity index is 449. The number of halogens is 1. The Kier molecular flexibility index (Phi) is 4.71. The molecule has 1 aliphatic rings. The Morgan fingerprint density at radius 2 is 2.11 bits per heavy atom. The van der Waals surface area contributed by atoms with Crippen LogP contribution in [-0.4, -0.2) is 32.0 Å². The summed E-state index contributed by atoms with van der Waals surface area (Å²) in [6.07, 6.45) is 0.310. The highest BCUT2D eigenvalue weighted by Gasteiger charge is 2.33. The van der Waals surface area contributed by atoms with E-state index in [0.29, 0.717) is 18.1 Å². The molecular weight excluding hydrogens is 312 g/mol. The largest absolute Gasteiger partial charge is 0.495 e. The maximum Gasteiger partial charge on any atom is 0.142 e. The smallest absolute Gasteiger partial charge is 0.142 e. The number of hydrogen-bond acceptors (Lipinski definition) is 4. The fraction of sp³-hybridized carbons (Fsp3) is 0.571. The summed E-state index contributed by atoms with van der Waals surface area (Å²) < 4.78 is 16.9. The molecule has 1 fully saturated rings. The highest BCUT2D eigenvalue weighted by molar-refractivity contribution is 9.10. The summed E-state index contributed by atoms with van der Waals surface area (Å²) in [5, 5.41) is 10.6. The molecule has 1 aromatic carbocycles. The van der Waals surface area contributed by atoms with Crippen LogP contribution in [0.2, 0.25) is 0 Å². The molecule has 2 rings (SSSR count). The molecule has 106 valence electrons. The Morgan fingerprint density at radius 3 is 2.63 bits per heavy atom. The second-order valence-corrected chi connectivity index (χ2v) is 5.47. The third-order valence-corrected chi connectivity index (χ3v) is 4.43. The maximum atomic E-state index is 10.6. The minimum atomic E-state index is -0.602. The highest BCUT2D eigenvalue weighted by Crippen LogP contribution is 2.43. The summed E-state index contributed by atoms with van der Waals surface area (Å²) >= 11 is 3.45. The van der Waals surface area contributed by atoms with Crippen LogP contribution in [0.4, 0.5) is 0 Å². The predicted octanol–water partition coefficient (Wildman–Crippen LogP) is 2.92. The summed E-state index contributed by atoms with van der Waals surface area (Å²) in [7, 11) is 3.19. The predicted molar refractivity (Wildman–Crippen MR) is 75.7 cm³/mol. The Hall–Kier alpha value is -0.780. The van der Waals surface area contributed by atoms with Crippen molar-refractivity contribution in [2.75, 3.05) is 20.8 Å². The monoisotopic (exact) mass is 330 g/mol. The van der Waals surface area contributed by atoms with E-state index < -0.39 is 6.10 Å². The summed E-state index contributed by atoms with van der Waals surface area (Å²) in [4.78, 5) is 0. The lowest BCUT2D eigenvalue weighted by Crippen LogP contribution is -2.20. The number of rotatable bonds is 4. The van der Waals surface area contributed by atoms with Crippen molar-refractivity contribution < 1.29 is 19.3 Å². The van der Waals surface area contributed by atoms with Crippen molar-refractivity contribution in [1.29, 1.82) is 0 Å². The van der Waals surface area contributed by atoms with Crippen molar-refractivity contribution in [3.05, 3.63) is 22.2 Å². The summed E-state index contributed by atoms with van der Waals surface area (Å²) in [5.74, 6) is 1.39. The van der Waals surface area contributed by atoms with Crippen molar-refractivity contribution in [2.24, 2.45) is 5.92 Å². The summed E-state index contributed by atoms with van der Waals surface area (Å²) in [6.45, 7) is 2.69. The topological polar surface area (TPSA) is 47.9 Å². The van der Waals surface area contributed by atoms with E-state index in [2.05, 4.69) is 15.9 Å². The van der Waals surface area contributed by atoms with Gasteiger partial charge < -0.3 is 19.3 Å². The second-order valence-electron chi connectivity index (χ2n) is 4.68. The first kappa shape index (κ1) is 14.6. The normalized spacial score (nSPS) is 24.3. The van der Waals surface area contributed by atoms with Gasteiger partial charge in [-0.3, -0.25) is 0 Å². The minimum Gasteiger partial charge on any atom is -0.495 e. The van der Waals surface area contributed by atoms with Crippen LogP contribution in [0.1, 0.15) is 25.0 Å². The molecule has 0 amide bonds. The molecule has 1 aliphatic heterocycles. The number of ether oxygens (including phenoxy) is 3. The third kappa shape index (κ3) is 2.73. The van der Waals surface area contributed by atoms with Crippen molar-refractivity contribution >= 4 is 15.9 Å². The average Bonchev–Trinajstić information content (AvgIpc) is 2.83. The van der Waals surface area contributed by atoms with E-state index in [9.17, 15) is 5.11 Å². The fourth-order valence-corrected chi connectivity index (χ4v) is 3.23. The molecule has 5 heteroatoms. The van der Waals surface area contributed by atoms with Gasteiger partial charge in [0.05, 0.1) is 26.4 Å². The Balaban J connectivity index is 2.36. The quantitative estimate of drug-likeness (QED) is 0.922. The van der Waals surface area contributed by atoms with Crippen molar-refractivity contribution in [3.63, 3.8) is 0 Å².